The van der Waals surface area contributed by atoms with E-state index in [1.165, 1.54) is 36.9 Å². The first-order valence-corrected chi connectivity index (χ1v) is 11.7. The molecule has 1 fully saturated rings. The molecule has 1 aromatic heterocycles. The maximum absolute atomic E-state index is 5.73. The van der Waals surface area contributed by atoms with E-state index in [2.05, 4.69) is 49.4 Å². The first kappa shape index (κ1) is 20.8. The van der Waals surface area contributed by atoms with E-state index >= 15 is 0 Å². The lowest BCUT2D eigenvalue weighted by atomic mass is 9.95. The fraction of sp³-hybridized carbons (Fsp3) is 0.385. The maximum atomic E-state index is 5.73. The molecular formula is C26H31N5O. The van der Waals surface area contributed by atoms with Crippen LogP contribution in [0, 0.1) is 0 Å². The van der Waals surface area contributed by atoms with Crippen LogP contribution in [0.1, 0.15) is 30.9 Å². The molecule has 0 radical (unpaired) electrons. The first-order chi connectivity index (χ1) is 15.8. The van der Waals surface area contributed by atoms with E-state index in [0.717, 1.165) is 42.7 Å². The van der Waals surface area contributed by atoms with Gasteiger partial charge in [-0.15, -0.1) is 0 Å². The van der Waals surface area contributed by atoms with Crippen molar-refractivity contribution in [3.05, 3.63) is 72.1 Å². The first-order valence-electron chi connectivity index (χ1n) is 11.7. The van der Waals surface area contributed by atoms with Crippen LogP contribution in [0.3, 0.4) is 0 Å². The van der Waals surface area contributed by atoms with Crippen molar-refractivity contribution < 1.29 is 4.74 Å². The van der Waals surface area contributed by atoms with E-state index < -0.39 is 0 Å². The summed E-state index contributed by atoms with van der Waals surface area (Å²) in [4.78, 5) is 14.1. The van der Waals surface area contributed by atoms with Crippen molar-refractivity contribution >= 4 is 17.3 Å². The third kappa shape index (κ3) is 4.55. The van der Waals surface area contributed by atoms with Gasteiger partial charge in [0.05, 0.1) is 12.3 Å². The Morgan fingerprint density at radius 2 is 1.75 bits per heavy atom. The summed E-state index contributed by atoms with van der Waals surface area (Å²) in [7, 11) is 0. The summed E-state index contributed by atoms with van der Waals surface area (Å²) in [6, 6.07) is 19.5. The van der Waals surface area contributed by atoms with Gasteiger partial charge in [0, 0.05) is 38.3 Å². The van der Waals surface area contributed by atoms with Crippen LogP contribution in [0.15, 0.2) is 60.9 Å². The van der Waals surface area contributed by atoms with E-state index in [-0.39, 0.29) is 0 Å². The Bertz CT molecular complexity index is 1050. The van der Waals surface area contributed by atoms with Gasteiger partial charge < -0.3 is 15.0 Å². The molecule has 6 nitrogen and oxygen atoms in total. The second-order valence-corrected chi connectivity index (χ2v) is 8.52. The molecule has 2 aliphatic heterocycles. The highest BCUT2D eigenvalue weighted by Gasteiger charge is 2.27. The zero-order valence-corrected chi connectivity index (χ0v) is 18.7. The molecule has 0 aliphatic carbocycles. The summed E-state index contributed by atoms with van der Waals surface area (Å²) in [6.45, 7) is 6.92. The number of para-hydroxylation sites is 2. The Morgan fingerprint density at radius 1 is 0.969 bits per heavy atom. The lowest BCUT2D eigenvalue weighted by Gasteiger charge is -2.41. The molecule has 5 rings (SSSR count). The molecule has 6 heteroatoms. The van der Waals surface area contributed by atoms with Crippen LogP contribution in [0.4, 0.5) is 17.3 Å². The van der Waals surface area contributed by atoms with E-state index in [4.69, 9.17) is 4.74 Å². The van der Waals surface area contributed by atoms with Gasteiger partial charge in [-0.3, -0.25) is 4.90 Å². The monoisotopic (exact) mass is 429 g/mol. The fourth-order valence-electron chi connectivity index (χ4n) is 4.87. The van der Waals surface area contributed by atoms with Gasteiger partial charge in [0.25, 0.3) is 0 Å². The van der Waals surface area contributed by atoms with Gasteiger partial charge in [0.2, 0.25) is 0 Å². The van der Waals surface area contributed by atoms with Crippen LogP contribution in [0.5, 0.6) is 5.75 Å². The Hall–Kier alpha value is -3.12. The standard InChI is InChI=1S/C26H31N5O/c1-2-32-24-10-6-5-9-23(24)29-25-17-26(28-19-27-25)30-15-12-22(13-16-30)31-14-11-20-7-3-4-8-21(20)18-31/h3-10,17,19,22H,2,11-16,18H2,1H3,(H,27,28,29). The molecule has 0 bridgehead atoms. The van der Waals surface area contributed by atoms with Gasteiger partial charge >= 0.3 is 0 Å². The number of hydrogen-bond acceptors (Lipinski definition) is 6. The average molecular weight is 430 g/mol. The number of fused-ring (bicyclic) bond motifs is 1. The average Bonchev–Trinajstić information content (AvgIpc) is 2.85. The predicted molar refractivity (Wildman–Crippen MR) is 129 cm³/mol. The van der Waals surface area contributed by atoms with Crippen molar-refractivity contribution in [1.29, 1.82) is 0 Å². The maximum Gasteiger partial charge on any atom is 0.142 e. The van der Waals surface area contributed by atoms with E-state index in [0.29, 0.717) is 12.6 Å². The highest BCUT2D eigenvalue weighted by Crippen LogP contribution is 2.29. The van der Waals surface area contributed by atoms with Gasteiger partial charge in [-0.1, -0.05) is 36.4 Å². The third-order valence-corrected chi connectivity index (χ3v) is 6.57. The number of benzene rings is 2. The normalized spacial score (nSPS) is 17.1. The molecule has 3 heterocycles. The smallest absolute Gasteiger partial charge is 0.142 e. The van der Waals surface area contributed by atoms with Crippen LogP contribution < -0.4 is 15.0 Å². The van der Waals surface area contributed by atoms with Crippen molar-refractivity contribution in [2.75, 3.05) is 36.5 Å². The molecule has 166 valence electrons. The molecule has 0 atom stereocenters. The highest BCUT2D eigenvalue weighted by molar-refractivity contribution is 5.65. The second kappa shape index (κ2) is 9.57. The zero-order valence-electron chi connectivity index (χ0n) is 18.7. The minimum atomic E-state index is 0.630. The molecule has 0 unspecified atom stereocenters. The summed E-state index contributed by atoms with van der Waals surface area (Å²) < 4.78 is 5.73. The number of ether oxygens (including phenoxy) is 1. The topological polar surface area (TPSA) is 53.5 Å². The molecule has 1 N–H and O–H groups in total. The van der Waals surface area contributed by atoms with Crippen LogP contribution in [0.25, 0.3) is 0 Å². The van der Waals surface area contributed by atoms with E-state index in [1.54, 1.807) is 6.33 Å². The number of nitrogens with one attached hydrogen (secondary N) is 1. The lowest BCUT2D eigenvalue weighted by molar-refractivity contribution is 0.153. The molecule has 1 saturated heterocycles. The van der Waals surface area contributed by atoms with Crippen LogP contribution in [-0.2, 0) is 13.0 Å². The molecule has 0 spiro atoms. The summed E-state index contributed by atoms with van der Waals surface area (Å²) in [6.07, 6.45) is 5.15. The van der Waals surface area contributed by atoms with Crippen molar-refractivity contribution in [3.63, 3.8) is 0 Å². The zero-order chi connectivity index (χ0) is 21.8. The van der Waals surface area contributed by atoms with Crippen molar-refractivity contribution in [1.82, 2.24) is 14.9 Å². The third-order valence-electron chi connectivity index (χ3n) is 6.57. The number of hydrogen-bond donors (Lipinski definition) is 1. The van der Waals surface area contributed by atoms with Crippen LogP contribution in [0.2, 0.25) is 0 Å². The molecule has 32 heavy (non-hydrogen) atoms. The number of piperidine rings is 1. The quantitative estimate of drug-likeness (QED) is 0.616. The Morgan fingerprint density at radius 3 is 2.59 bits per heavy atom. The summed E-state index contributed by atoms with van der Waals surface area (Å²) in [5.74, 6) is 2.61. The largest absolute Gasteiger partial charge is 0.492 e. The molecule has 3 aromatic rings. The van der Waals surface area contributed by atoms with Gasteiger partial charge in [0.15, 0.2) is 0 Å². The highest BCUT2D eigenvalue weighted by atomic mass is 16.5. The number of anilines is 3. The van der Waals surface area contributed by atoms with Crippen LogP contribution >= 0.6 is 0 Å². The lowest BCUT2D eigenvalue weighted by Crippen LogP contribution is -2.46. The van der Waals surface area contributed by atoms with E-state index in [1.807, 2.05) is 37.3 Å². The Balaban J connectivity index is 1.21. The van der Waals surface area contributed by atoms with Crippen molar-refractivity contribution in [3.8, 4) is 5.75 Å². The van der Waals surface area contributed by atoms with E-state index in [9.17, 15) is 0 Å². The van der Waals surface area contributed by atoms with Gasteiger partial charge in [-0.25, -0.2) is 9.97 Å². The van der Waals surface area contributed by atoms with Crippen molar-refractivity contribution in [2.45, 2.75) is 38.8 Å². The summed E-state index contributed by atoms with van der Waals surface area (Å²) >= 11 is 0. The number of nitrogens with zero attached hydrogens (tertiary/aromatic N) is 4. The minimum Gasteiger partial charge on any atom is -0.492 e. The number of rotatable bonds is 6. The molecule has 0 amide bonds. The second-order valence-electron chi connectivity index (χ2n) is 8.52. The van der Waals surface area contributed by atoms with Crippen molar-refractivity contribution in [2.24, 2.45) is 0 Å². The molecular weight excluding hydrogens is 398 g/mol. The summed E-state index contributed by atoms with van der Waals surface area (Å²) in [5, 5.41) is 3.40. The Labute approximate surface area is 190 Å². The van der Waals surface area contributed by atoms with Gasteiger partial charge in [0.1, 0.15) is 23.7 Å². The Kier molecular flexibility index (Phi) is 6.21. The summed E-state index contributed by atoms with van der Waals surface area (Å²) in [5.41, 5.74) is 3.94. The molecule has 2 aromatic carbocycles. The van der Waals surface area contributed by atoms with Gasteiger partial charge in [-0.05, 0) is 49.4 Å². The fourth-order valence-corrected chi connectivity index (χ4v) is 4.87. The van der Waals surface area contributed by atoms with Gasteiger partial charge in [-0.2, -0.15) is 0 Å². The number of aromatic nitrogens is 2. The minimum absolute atomic E-state index is 0.630. The van der Waals surface area contributed by atoms with Crippen LogP contribution in [-0.4, -0.2) is 47.2 Å². The molecule has 2 aliphatic rings. The molecule has 0 saturated carbocycles. The SMILES string of the molecule is CCOc1ccccc1Nc1cc(N2CCC(N3CCc4ccccc4C3)CC2)ncn1. The predicted octanol–water partition coefficient (Wildman–Crippen LogP) is 4.65.